The Kier molecular flexibility index (Phi) is 5.02. The summed E-state index contributed by atoms with van der Waals surface area (Å²) in [6, 6.07) is 12.3. The second-order valence-electron chi connectivity index (χ2n) is 5.23. The number of amides is 1. The minimum absolute atomic E-state index is 0.168. The summed E-state index contributed by atoms with van der Waals surface area (Å²) in [5.41, 5.74) is 7.21. The van der Waals surface area contributed by atoms with Crippen LogP contribution >= 0.6 is 0 Å². The van der Waals surface area contributed by atoms with Crippen molar-refractivity contribution in [2.24, 2.45) is 5.73 Å². The number of benzene rings is 2. The van der Waals surface area contributed by atoms with Gasteiger partial charge in [-0.05, 0) is 43.7 Å². The molecule has 1 unspecified atom stereocenters. The van der Waals surface area contributed by atoms with Gasteiger partial charge in [0.05, 0.1) is 16.6 Å². The largest absolute Gasteiger partial charge is 0.324 e. The molecule has 122 valence electrons. The minimum atomic E-state index is -3.68. The number of hydrogen-bond donors (Lipinski definition) is 3. The molecule has 6 nitrogen and oxygen atoms in total. The molecule has 0 radical (unpaired) electrons. The van der Waals surface area contributed by atoms with Crippen LogP contribution in [0.4, 0.5) is 11.4 Å². The molecule has 2 aromatic rings. The fourth-order valence-electron chi connectivity index (χ4n) is 1.88. The molecule has 4 N–H and O–H groups in total. The molecular weight excluding hydrogens is 314 g/mol. The van der Waals surface area contributed by atoms with Gasteiger partial charge in [0.15, 0.2) is 0 Å². The quantitative estimate of drug-likeness (QED) is 0.779. The molecular formula is C16H19N3O3S. The number of rotatable bonds is 5. The molecule has 1 amide bonds. The fraction of sp³-hybridized carbons (Fsp3) is 0.188. The van der Waals surface area contributed by atoms with E-state index in [-0.39, 0.29) is 10.8 Å². The first-order valence-electron chi connectivity index (χ1n) is 7.04. The molecule has 0 heterocycles. The number of nitrogens with one attached hydrogen (secondary N) is 2. The van der Waals surface area contributed by atoms with E-state index in [4.69, 9.17) is 5.73 Å². The van der Waals surface area contributed by atoms with E-state index in [1.807, 2.05) is 6.92 Å². The van der Waals surface area contributed by atoms with Crippen molar-refractivity contribution in [1.82, 2.24) is 0 Å². The number of hydrogen-bond acceptors (Lipinski definition) is 4. The highest BCUT2D eigenvalue weighted by Crippen LogP contribution is 2.23. The van der Waals surface area contributed by atoms with Crippen LogP contribution in [0.2, 0.25) is 0 Å². The Balaban J connectivity index is 2.26. The molecule has 0 saturated carbocycles. The first-order valence-corrected chi connectivity index (χ1v) is 8.53. The lowest BCUT2D eigenvalue weighted by atomic mass is 10.1. The molecule has 0 aromatic heterocycles. The predicted octanol–water partition coefficient (Wildman–Crippen LogP) is 2.08. The molecule has 0 spiro atoms. The molecule has 0 aliphatic carbocycles. The van der Waals surface area contributed by atoms with Crippen LogP contribution in [0.5, 0.6) is 0 Å². The third kappa shape index (κ3) is 4.30. The number of anilines is 2. The standard InChI is InChI=1S/C16H19N3O3S/c1-11-8-9-13(10-15(11)18-16(20)12(2)17)19-23(21,22)14-6-4-3-5-7-14/h3-10,12,19H,17H2,1-2H3,(H,18,20). The van der Waals surface area contributed by atoms with Gasteiger partial charge >= 0.3 is 0 Å². The van der Waals surface area contributed by atoms with Crippen LogP contribution in [0.15, 0.2) is 53.4 Å². The third-order valence-corrected chi connectivity index (χ3v) is 4.61. The van der Waals surface area contributed by atoms with Gasteiger partial charge in [-0.3, -0.25) is 9.52 Å². The Morgan fingerprint density at radius 1 is 1.13 bits per heavy atom. The van der Waals surface area contributed by atoms with E-state index < -0.39 is 16.1 Å². The Hall–Kier alpha value is -2.38. The average molecular weight is 333 g/mol. The molecule has 0 saturated heterocycles. The number of carbonyl (C=O) groups is 1. The molecule has 0 aliphatic rings. The van der Waals surface area contributed by atoms with Crippen molar-refractivity contribution >= 4 is 27.3 Å². The van der Waals surface area contributed by atoms with Crippen LogP contribution in [-0.2, 0) is 14.8 Å². The van der Waals surface area contributed by atoms with Crippen LogP contribution in [0.1, 0.15) is 12.5 Å². The van der Waals surface area contributed by atoms with Crippen molar-refractivity contribution in [2.75, 3.05) is 10.0 Å². The second kappa shape index (κ2) is 6.80. The molecule has 1 atom stereocenters. The maximum absolute atomic E-state index is 12.3. The van der Waals surface area contributed by atoms with Crippen molar-refractivity contribution in [3.63, 3.8) is 0 Å². The number of sulfonamides is 1. The summed E-state index contributed by atoms with van der Waals surface area (Å²) < 4.78 is 27.1. The van der Waals surface area contributed by atoms with Crippen molar-refractivity contribution in [3.05, 3.63) is 54.1 Å². The molecule has 7 heteroatoms. The highest BCUT2D eigenvalue weighted by Gasteiger charge is 2.15. The summed E-state index contributed by atoms with van der Waals surface area (Å²) in [7, 11) is -3.68. The Labute approximate surface area is 135 Å². The fourth-order valence-corrected chi connectivity index (χ4v) is 2.95. The first-order chi connectivity index (χ1) is 10.8. The van der Waals surface area contributed by atoms with Gasteiger partial charge in [0.25, 0.3) is 10.0 Å². The van der Waals surface area contributed by atoms with Crippen molar-refractivity contribution in [2.45, 2.75) is 24.8 Å². The van der Waals surface area contributed by atoms with Crippen LogP contribution in [0, 0.1) is 6.92 Å². The summed E-state index contributed by atoms with van der Waals surface area (Å²) >= 11 is 0. The van der Waals surface area contributed by atoms with Crippen LogP contribution in [-0.4, -0.2) is 20.4 Å². The van der Waals surface area contributed by atoms with Crippen LogP contribution in [0.3, 0.4) is 0 Å². The Morgan fingerprint density at radius 2 is 1.78 bits per heavy atom. The lowest BCUT2D eigenvalue weighted by Crippen LogP contribution is -2.32. The van der Waals surface area contributed by atoms with Gasteiger partial charge in [0, 0.05) is 5.69 Å². The lowest BCUT2D eigenvalue weighted by Gasteiger charge is -2.13. The molecule has 0 aliphatic heterocycles. The topological polar surface area (TPSA) is 101 Å². The maximum Gasteiger partial charge on any atom is 0.261 e. The van der Waals surface area contributed by atoms with Gasteiger partial charge in [-0.25, -0.2) is 8.42 Å². The van der Waals surface area contributed by atoms with Crippen LogP contribution < -0.4 is 15.8 Å². The monoisotopic (exact) mass is 333 g/mol. The maximum atomic E-state index is 12.3. The molecule has 0 fully saturated rings. The van der Waals surface area contributed by atoms with Crippen molar-refractivity contribution in [3.8, 4) is 0 Å². The summed E-state index contributed by atoms with van der Waals surface area (Å²) in [6.45, 7) is 3.39. The Bertz CT molecular complexity index is 803. The van der Waals surface area contributed by atoms with E-state index >= 15 is 0 Å². The molecule has 2 rings (SSSR count). The van der Waals surface area contributed by atoms with E-state index in [0.717, 1.165) is 5.56 Å². The van der Waals surface area contributed by atoms with E-state index in [1.165, 1.54) is 12.1 Å². The SMILES string of the molecule is Cc1ccc(NS(=O)(=O)c2ccccc2)cc1NC(=O)C(C)N. The summed E-state index contributed by atoms with van der Waals surface area (Å²) in [4.78, 5) is 11.9. The summed E-state index contributed by atoms with van der Waals surface area (Å²) in [5, 5.41) is 2.68. The molecule has 0 bridgehead atoms. The third-order valence-electron chi connectivity index (χ3n) is 3.21. The van der Waals surface area contributed by atoms with Gasteiger partial charge in [0.1, 0.15) is 0 Å². The summed E-state index contributed by atoms with van der Waals surface area (Å²) in [6.07, 6.45) is 0. The zero-order valence-electron chi connectivity index (χ0n) is 12.9. The van der Waals surface area contributed by atoms with E-state index in [1.54, 1.807) is 43.3 Å². The zero-order valence-corrected chi connectivity index (χ0v) is 13.7. The van der Waals surface area contributed by atoms with Crippen molar-refractivity contribution in [1.29, 1.82) is 0 Å². The van der Waals surface area contributed by atoms with E-state index in [0.29, 0.717) is 11.4 Å². The van der Waals surface area contributed by atoms with Crippen molar-refractivity contribution < 1.29 is 13.2 Å². The van der Waals surface area contributed by atoms with E-state index in [9.17, 15) is 13.2 Å². The lowest BCUT2D eigenvalue weighted by molar-refractivity contribution is -0.117. The summed E-state index contributed by atoms with van der Waals surface area (Å²) in [5.74, 6) is -0.337. The van der Waals surface area contributed by atoms with E-state index in [2.05, 4.69) is 10.0 Å². The first kappa shape index (κ1) is 17.0. The van der Waals surface area contributed by atoms with Gasteiger partial charge in [-0.2, -0.15) is 0 Å². The van der Waals surface area contributed by atoms with Gasteiger partial charge in [0.2, 0.25) is 5.91 Å². The second-order valence-corrected chi connectivity index (χ2v) is 6.91. The number of aryl methyl sites for hydroxylation is 1. The smallest absolute Gasteiger partial charge is 0.261 e. The van der Waals surface area contributed by atoms with Gasteiger partial charge in [-0.1, -0.05) is 24.3 Å². The van der Waals surface area contributed by atoms with Gasteiger partial charge in [-0.15, -0.1) is 0 Å². The highest BCUT2D eigenvalue weighted by molar-refractivity contribution is 7.92. The Morgan fingerprint density at radius 3 is 2.39 bits per heavy atom. The normalized spacial score (nSPS) is 12.5. The van der Waals surface area contributed by atoms with Gasteiger partial charge < -0.3 is 11.1 Å². The average Bonchev–Trinajstić information content (AvgIpc) is 2.51. The highest BCUT2D eigenvalue weighted by atomic mass is 32.2. The predicted molar refractivity (Wildman–Crippen MR) is 90.7 cm³/mol. The molecule has 2 aromatic carbocycles. The number of carbonyl (C=O) groups excluding carboxylic acids is 1. The molecule has 23 heavy (non-hydrogen) atoms. The minimum Gasteiger partial charge on any atom is -0.324 e. The number of nitrogens with two attached hydrogens (primary N) is 1. The van der Waals surface area contributed by atoms with Crippen LogP contribution in [0.25, 0.3) is 0 Å². The zero-order chi connectivity index (χ0) is 17.0.